The Kier molecular flexibility index (Phi) is 4.54. The average Bonchev–Trinajstić information content (AvgIpc) is 2.59. The van der Waals surface area contributed by atoms with Crippen molar-refractivity contribution in [2.24, 2.45) is 5.92 Å². The molecule has 0 unspecified atom stereocenters. The molecule has 0 amide bonds. The lowest BCUT2D eigenvalue weighted by atomic mass is 9.74. The molecule has 0 radical (unpaired) electrons. The highest BCUT2D eigenvalue weighted by molar-refractivity contribution is 5.86. The van der Waals surface area contributed by atoms with Crippen molar-refractivity contribution in [1.82, 2.24) is 25.5 Å². The molecule has 1 fully saturated rings. The van der Waals surface area contributed by atoms with E-state index in [-0.39, 0.29) is 16.8 Å². The lowest BCUT2D eigenvalue weighted by molar-refractivity contribution is 0.128. The second-order valence-corrected chi connectivity index (χ2v) is 9.23. The van der Waals surface area contributed by atoms with Crippen molar-refractivity contribution < 1.29 is 5.11 Å². The number of hydrogen-bond donors (Lipinski definition) is 2. The first-order valence-electron chi connectivity index (χ1n) is 9.76. The van der Waals surface area contributed by atoms with Crippen molar-refractivity contribution in [2.45, 2.75) is 58.0 Å². The summed E-state index contributed by atoms with van der Waals surface area (Å²) in [4.78, 5) is 8.21. The molecule has 1 saturated heterocycles. The van der Waals surface area contributed by atoms with Gasteiger partial charge < -0.3 is 10.4 Å². The average molecular weight is 377 g/mol. The van der Waals surface area contributed by atoms with E-state index in [2.05, 4.69) is 53.2 Å². The number of nitrogens with one attached hydrogen (secondary N) is 1. The monoisotopic (exact) mass is 377 g/mol. The van der Waals surface area contributed by atoms with Gasteiger partial charge in [-0.15, -0.1) is 0 Å². The summed E-state index contributed by atoms with van der Waals surface area (Å²) < 4.78 is 0. The van der Waals surface area contributed by atoms with Gasteiger partial charge in [0.2, 0.25) is 0 Å². The van der Waals surface area contributed by atoms with E-state index in [9.17, 15) is 5.11 Å². The van der Waals surface area contributed by atoms with Gasteiger partial charge in [-0.3, -0.25) is 0 Å². The summed E-state index contributed by atoms with van der Waals surface area (Å²) in [6, 6.07) is 7.45. The molecule has 2 aromatic heterocycles. The van der Waals surface area contributed by atoms with Crippen molar-refractivity contribution in [3.8, 4) is 17.0 Å². The first-order valence-corrected chi connectivity index (χ1v) is 9.76. The zero-order valence-electron chi connectivity index (χ0n) is 16.9. The highest BCUT2D eigenvalue weighted by Crippen LogP contribution is 2.35. The van der Waals surface area contributed by atoms with Gasteiger partial charge in [-0.1, -0.05) is 0 Å². The number of piperidine rings is 1. The number of phenolic OH excluding ortho intramolecular Hbond substituents is 1. The molecule has 1 aromatic carbocycles. The molecule has 0 atom stereocenters. The van der Waals surface area contributed by atoms with Gasteiger partial charge in [0.25, 0.3) is 0 Å². The molecule has 146 valence electrons. The Labute approximate surface area is 165 Å². The molecule has 6 nitrogen and oxygen atoms in total. The van der Waals surface area contributed by atoms with Crippen LogP contribution in [-0.4, -0.2) is 36.3 Å². The lowest BCUT2D eigenvalue weighted by Gasteiger charge is -2.46. The minimum absolute atomic E-state index is 0.124. The fourth-order valence-corrected chi connectivity index (χ4v) is 4.81. The van der Waals surface area contributed by atoms with Crippen LogP contribution in [-0.2, 0) is 6.42 Å². The summed E-state index contributed by atoms with van der Waals surface area (Å²) in [6.45, 7) is 9.06. The van der Waals surface area contributed by atoms with E-state index in [0.717, 1.165) is 30.3 Å². The lowest BCUT2D eigenvalue weighted by Crippen LogP contribution is -2.58. The molecular formula is C22H27N5O. The predicted molar refractivity (Wildman–Crippen MR) is 110 cm³/mol. The Hall–Kier alpha value is -2.60. The second kappa shape index (κ2) is 6.78. The van der Waals surface area contributed by atoms with E-state index in [1.807, 2.05) is 18.2 Å². The molecule has 0 bridgehead atoms. The van der Waals surface area contributed by atoms with Crippen molar-refractivity contribution in [3.05, 3.63) is 42.5 Å². The van der Waals surface area contributed by atoms with Crippen LogP contribution in [0.4, 0.5) is 0 Å². The third-order valence-corrected chi connectivity index (χ3v) is 5.39. The minimum Gasteiger partial charge on any atom is -0.507 e. The molecule has 28 heavy (non-hydrogen) atoms. The zero-order valence-corrected chi connectivity index (χ0v) is 16.9. The van der Waals surface area contributed by atoms with Crippen molar-refractivity contribution >= 4 is 10.9 Å². The second-order valence-electron chi connectivity index (χ2n) is 9.23. The Balaban J connectivity index is 1.55. The van der Waals surface area contributed by atoms with Gasteiger partial charge in [0.15, 0.2) is 0 Å². The van der Waals surface area contributed by atoms with Crippen LogP contribution in [0, 0.1) is 5.92 Å². The van der Waals surface area contributed by atoms with Crippen LogP contribution in [0.3, 0.4) is 0 Å². The number of benzene rings is 1. The van der Waals surface area contributed by atoms with Gasteiger partial charge in [-0.25, -0.2) is 9.97 Å². The molecule has 0 aliphatic carbocycles. The van der Waals surface area contributed by atoms with Gasteiger partial charge in [0.05, 0.1) is 16.9 Å². The van der Waals surface area contributed by atoms with Crippen LogP contribution in [0.5, 0.6) is 5.75 Å². The maximum Gasteiger partial charge on any atom is 0.127 e. The number of nitrogens with zero attached hydrogens (tertiary/aromatic N) is 4. The fraction of sp³-hybridized carbons (Fsp3) is 0.455. The molecule has 1 aliphatic heterocycles. The Morgan fingerprint density at radius 2 is 1.82 bits per heavy atom. The van der Waals surface area contributed by atoms with Gasteiger partial charge in [0.1, 0.15) is 12.1 Å². The molecule has 0 spiro atoms. The van der Waals surface area contributed by atoms with Crippen LogP contribution in [0.1, 0.15) is 46.2 Å². The standard InChI is InChI=1S/C22H27N5O/c1-21(2)10-14(11-22(3,4)27-21)7-16-5-6-18(26-25-16)17-8-15-12-23-13-24-19(15)9-20(17)28/h5-6,8-9,12-14,27-28H,7,10-11H2,1-4H3. The highest BCUT2D eigenvalue weighted by atomic mass is 16.3. The van der Waals surface area contributed by atoms with E-state index in [1.165, 1.54) is 6.33 Å². The topological polar surface area (TPSA) is 83.8 Å². The molecule has 2 N–H and O–H groups in total. The van der Waals surface area contributed by atoms with Crippen LogP contribution >= 0.6 is 0 Å². The summed E-state index contributed by atoms with van der Waals surface area (Å²) in [7, 11) is 0. The molecule has 1 aliphatic rings. The molecule has 6 heteroatoms. The SMILES string of the molecule is CC1(C)CC(Cc2ccc(-c3cc4cncnc4cc3O)nn2)CC(C)(C)N1. The number of aromatic hydroxyl groups is 1. The Morgan fingerprint density at radius 1 is 1.07 bits per heavy atom. The Bertz CT molecular complexity index is 981. The van der Waals surface area contributed by atoms with E-state index in [4.69, 9.17) is 0 Å². The van der Waals surface area contributed by atoms with Gasteiger partial charge in [0, 0.05) is 34.3 Å². The molecule has 4 rings (SSSR count). The van der Waals surface area contributed by atoms with E-state index in [1.54, 1.807) is 12.3 Å². The zero-order chi connectivity index (χ0) is 19.9. The van der Waals surface area contributed by atoms with E-state index >= 15 is 0 Å². The normalized spacial score (nSPS) is 19.0. The van der Waals surface area contributed by atoms with Crippen LogP contribution in [0.2, 0.25) is 0 Å². The van der Waals surface area contributed by atoms with Gasteiger partial charge >= 0.3 is 0 Å². The number of fused-ring (bicyclic) bond motifs is 1. The van der Waals surface area contributed by atoms with Crippen LogP contribution < -0.4 is 5.32 Å². The summed E-state index contributed by atoms with van der Waals surface area (Å²) in [5.74, 6) is 0.715. The summed E-state index contributed by atoms with van der Waals surface area (Å²) in [5, 5.41) is 23.8. The number of hydrogen-bond acceptors (Lipinski definition) is 6. The largest absolute Gasteiger partial charge is 0.507 e. The summed E-state index contributed by atoms with van der Waals surface area (Å²) in [6.07, 6.45) is 6.35. The summed E-state index contributed by atoms with van der Waals surface area (Å²) >= 11 is 0. The smallest absolute Gasteiger partial charge is 0.127 e. The first-order chi connectivity index (χ1) is 13.2. The number of phenols is 1. The van der Waals surface area contributed by atoms with Gasteiger partial charge in [-0.05, 0) is 71.1 Å². The van der Waals surface area contributed by atoms with Crippen LogP contribution in [0.15, 0.2) is 36.8 Å². The highest BCUT2D eigenvalue weighted by Gasteiger charge is 2.37. The van der Waals surface area contributed by atoms with Crippen molar-refractivity contribution in [1.29, 1.82) is 0 Å². The van der Waals surface area contributed by atoms with Crippen molar-refractivity contribution in [3.63, 3.8) is 0 Å². The summed E-state index contributed by atoms with van der Waals surface area (Å²) in [5.41, 5.74) is 3.24. The van der Waals surface area contributed by atoms with E-state index < -0.39 is 0 Å². The quantitative estimate of drug-likeness (QED) is 0.720. The molecular weight excluding hydrogens is 350 g/mol. The molecule has 3 heterocycles. The number of rotatable bonds is 3. The minimum atomic E-state index is 0.124. The predicted octanol–water partition coefficient (Wildman–Crippen LogP) is 3.89. The maximum absolute atomic E-state index is 10.4. The third-order valence-electron chi connectivity index (χ3n) is 5.39. The maximum atomic E-state index is 10.4. The van der Waals surface area contributed by atoms with Crippen molar-refractivity contribution in [2.75, 3.05) is 0 Å². The molecule has 0 saturated carbocycles. The Morgan fingerprint density at radius 3 is 2.50 bits per heavy atom. The third kappa shape index (κ3) is 3.97. The van der Waals surface area contributed by atoms with E-state index in [0.29, 0.717) is 22.7 Å². The molecule has 3 aromatic rings. The first kappa shape index (κ1) is 18.7. The van der Waals surface area contributed by atoms with Gasteiger partial charge in [-0.2, -0.15) is 10.2 Å². The fourth-order valence-electron chi connectivity index (χ4n) is 4.81. The number of aromatic nitrogens is 4. The van der Waals surface area contributed by atoms with Crippen LogP contribution in [0.25, 0.3) is 22.2 Å².